The second kappa shape index (κ2) is 15.0. The molecule has 0 radical (unpaired) electrons. The van der Waals surface area contributed by atoms with Crippen LogP contribution in [0.4, 0.5) is 0 Å². The van der Waals surface area contributed by atoms with E-state index < -0.39 is 0 Å². The van der Waals surface area contributed by atoms with E-state index in [0.717, 1.165) is 110 Å². The Hall–Kier alpha value is -8.73. The van der Waals surface area contributed by atoms with Crippen LogP contribution in [0, 0.1) is 0 Å². The fraction of sp³-hybridized carbons (Fsp3) is 0. The highest BCUT2D eigenvalue weighted by Gasteiger charge is 2.23. The zero-order valence-electron chi connectivity index (χ0n) is 35.2. The molecule has 13 rings (SSSR count). The second-order valence-electron chi connectivity index (χ2n) is 16.7. The maximum absolute atomic E-state index is 5.51. The maximum atomic E-state index is 5.51. The van der Waals surface area contributed by atoms with Gasteiger partial charge in [-0.05, 0) is 85.6 Å². The van der Waals surface area contributed by atoms with Gasteiger partial charge >= 0.3 is 0 Å². The molecular formula is C61H38N4. The highest BCUT2D eigenvalue weighted by molar-refractivity contribution is 6.23. The standard InChI is InChI=1S/C61H38N4/c1-5-17-39(18-6-1)51-37-44-31-32-45(38-52(44)61-57(51)58(41-21-9-3-10-22-41)64-65(61)46-23-11-4-12-24-46)55-47-25-13-15-27-49(47)56(50-28-16-14-26-48(50)55)54-36-34-43-30-29-42-33-35-53(40-19-7-2-8-20-40)62-59(42)60(43)63-54/h1-38H. The van der Waals surface area contributed by atoms with Crippen LogP contribution in [0.25, 0.3) is 127 Å². The minimum absolute atomic E-state index is 0.897. The van der Waals surface area contributed by atoms with Crippen LogP contribution in [0.1, 0.15) is 0 Å². The highest BCUT2D eigenvalue weighted by atomic mass is 15.3. The molecule has 3 aromatic heterocycles. The predicted molar refractivity (Wildman–Crippen MR) is 271 cm³/mol. The summed E-state index contributed by atoms with van der Waals surface area (Å²) in [6.45, 7) is 0. The molecule has 0 aliphatic carbocycles. The van der Waals surface area contributed by atoms with E-state index in [1.54, 1.807) is 0 Å². The van der Waals surface area contributed by atoms with Gasteiger partial charge in [-0.15, -0.1) is 0 Å². The molecule has 0 bridgehead atoms. The third-order valence-corrected chi connectivity index (χ3v) is 13.0. The van der Waals surface area contributed by atoms with Crippen molar-refractivity contribution in [2.75, 3.05) is 0 Å². The van der Waals surface area contributed by atoms with E-state index in [0.29, 0.717) is 0 Å². The molecule has 0 atom stereocenters. The summed E-state index contributed by atoms with van der Waals surface area (Å²) in [7, 11) is 0. The number of benzene rings is 10. The van der Waals surface area contributed by atoms with E-state index in [9.17, 15) is 0 Å². The van der Waals surface area contributed by atoms with Crippen LogP contribution in [0.5, 0.6) is 0 Å². The van der Waals surface area contributed by atoms with E-state index in [-0.39, 0.29) is 0 Å². The van der Waals surface area contributed by atoms with Crippen molar-refractivity contribution in [1.29, 1.82) is 0 Å². The Labute approximate surface area is 375 Å². The first-order valence-electron chi connectivity index (χ1n) is 22.1. The Morgan fingerprint density at radius 2 is 0.800 bits per heavy atom. The van der Waals surface area contributed by atoms with Gasteiger partial charge in [0.05, 0.1) is 33.6 Å². The lowest BCUT2D eigenvalue weighted by atomic mass is 9.86. The molecule has 0 saturated heterocycles. The van der Waals surface area contributed by atoms with E-state index in [4.69, 9.17) is 15.1 Å². The van der Waals surface area contributed by atoms with Gasteiger partial charge in [0.2, 0.25) is 0 Å². The fourth-order valence-corrected chi connectivity index (χ4v) is 9.98. The molecule has 0 N–H and O–H groups in total. The zero-order chi connectivity index (χ0) is 42.8. The first-order chi connectivity index (χ1) is 32.2. The molecule has 13 aromatic rings. The van der Waals surface area contributed by atoms with Gasteiger partial charge in [0.15, 0.2) is 0 Å². The topological polar surface area (TPSA) is 43.6 Å². The van der Waals surface area contributed by atoms with Crippen LogP contribution >= 0.6 is 0 Å². The van der Waals surface area contributed by atoms with Crippen molar-refractivity contribution in [3.63, 3.8) is 0 Å². The number of fused-ring (bicyclic) bond motifs is 8. The maximum Gasteiger partial charge on any atom is 0.101 e. The summed E-state index contributed by atoms with van der Waals surface area (Å²) in [5.41, 5.74) is 14.6. The lowest BCUT2D eigenvalue weighted by Crippen LogP contribution is -1.97. The number of rotatable bonds is 6. The Balaban J connectivity index is 1.08. The monoisotopic (exact) mass is 826 g/mol. The number of para-hydroxylation sites is 1. The lowest BCUT2D eigenvalue weighted by molar-refractivity contribution is 0.918. The van der Waals surface area contributed by atoms with Crippen molar-refractivity contribution in [2.24, 2.45) is 0 Å². The number of hydrogen-bond donors (Lipinski definition) is 0. The fourth-order valence-electron chi connectivity index (χ4n) is 9.98. The Morgan fingerprint density at radius 3 is 1.42 bits per heavy atom. The zero-order valence-corrected chi connectivity index (χ0v) is 35.2. The van der Waals surface area contributed by atoms with Crippen LogP contribution < -0.4 is 0 Å². The van der Waals surface area contributed by atoms with Gasteiger partial charge in [-0.25, -0.2) is 14.6 Å². The smallest absolute Gasteiger partial charge is 0.101 e. The van der Waals surface area contributed by atoms with E-state index in [2.05, 4.69) is 229 Å². The number of aromatic nitrogens is 4. The third kappa shape index (κ3) is 6.03. The molecule has 4 nitrogen and oxygen atoms in total. The summed E-state index contributed by atoms with van der Waals surface area (Å²) in [6.07, 6.45) is 0. The molecule has 302 valence electrons. The average Bonchev–Trinajstić information content (AvgIpc) is 3.79. The second-order valence-corrected chi connectivity index (χ2v) is 16.7. The molecule has 3 heterocycles. The van der Waals surface area contributed by atoms with Crippen molar-refractivity contribution < 1.29 is 0 Å². The van der Waals surface area contributed by atoms with Crippen molar-refractivity contribution in [3.8, 4) is 61.7 Å². The molecule has 0 saturated carbocycles. The van der Waals surface area contributed by atoms with Crippen LogP contribution in [0.3, 0.4) is 0 Å². The number of hydrogen-bond acceptors (Lipinski definition) is 3. The normalized spacial score (nSPS) is 11.7. The first kappa shape index (κ1) is 36.9. The number of nitrogens with zero attached hydrogens (tertiary/aromatic N) is 4. The summed E-state index contributed by atoms with van der Waals surface area (Å²) in [6, 6.07) is 82.1. The van der Waals surface area contributed by atoms with Crippen molar-refractivity contribution in [2.45, 2.75) is 0 Å². The van der Waals surface area contributed by atoms with Gasteiger partial charge in [-0.1, -0.05) is 194 Å². The molecule has 0 amide bonds. The van der Waals surface area contributed by atoms with Crippen LogP contribution in [0.2, 0.25) is 0 Å². The van der Waals surface area contributed by atoms with Crippen molar-refractivity contribution in [1.82, 2.24) is 19.7 Å². The minimum Gasteiger partial charge on any atom is -0.245 e. The van der Waals surface area contributed by atoms with Gasteiger partial charge in [-0.3, -0.25) is 0 Å². The van der Waals surface area contributed by atoms with Gasteiger partial charge in [0, 0.05) is 38.2 Å². The van der Waals surface area contributed by atoms with Gasteiger partial charge in [0.1, 0.15) is 5.69 Å². The van der Waals surface area contributed by atoms with Crippen LogP contribution in [0.15, 0.2) is 231 Å². The first-order valence-corrected chi connectivity index (χ1v) is 22.1. The molecule has 0 aliphatic rings. The third-order valence-electron chi connectivity index (χ3n) is 13.0. The molecule has 10 aromatic carbocycles. The minimum atomic E-state index is 0.897. The highest BCUT2D eigenvalue weighted by Crippen LogP contribution is 2.47. The van der Waals surface area contributed by atoms with E-state index in [1.807, 2.05) is 6.07 Å². The van der Waals surface area contributed by atoms with E-state index in [1.165, 1.54) is 16.3 Å². The quantitative estimate of drug-likeness (QED) is 0.124. The van der Waals surface area contributed by atoms with Gasteiger partial charge < -0.3 is 0 Å². The van der Waals surface area contributed by atoms with Crippen LogP contribution in [-0.4, -0.2) is 19.7 Å². The number of pyridine rings is 2. The summed E-state index contributed by atoms with van der Waals surface area (Å²) in [5, 5.41) is 15.7. The molecule has 0 spiro atoms. The van der Waals surface area contributed by atoms with Gasteiger partial charge in [0.25, 0.3) is 0 Å². The lowest BCUT2D eigenvalue weighted by Gasteiger charge is -2.18. The largest absolute Gasteiger partial charge is 0.245 e. The average molecular weight is 827 g/mol. The predicted octanol–water partition coefficient (Wildman–Crippen LogP) is 15.9. The molecule has 0 fully saturated rings. The van der Waals surface area contributed by atoms with Crippen LogP contribution in [-0.2, 0) is 0 Å². The molecular weight excluding hydrogens is 789 g/mol. The Bertz CT molecular complexity index is 3920. The SMILES string of the molecule is c1ccc(-c2ccc3ccc4ccc(-c5c6ccccc6c(-c6ccc7cc(-c8ccccc8)c8c(-c9ccccc9)nn(-c9ccccc9)c8c7c6)c6ccccc56)nc4c3n2)cc1. The van der Waals surface area contributed by atoms with Crippen molar-refractivity contribution >= 4 is 65.0 Å². The summed E-state index contributed by atoms with van der Waals surface area (Å²) >= 11 is 0. The van der Waals surface area contributed by atoms with Crippen molar-refractivity contribution in [3.05, 3.63) is 231 Å². The Morgan fingerprint density at radius 1 is 0.323 bits per heavy atom. The van der Waals surface area contributed by atoms with Gasteiger partial charge in [-0.2, -0.15) is 5.10 Å². The van der Waals surface area contributed by atoms with E-state index >= 15 is 0 Å². The summed E-state index contributed by atoms with van der Waals surface area (Å²) < 4.78 is 2.16. The summed E-state index contributed by atoms with van der Waals surface area (Å²) in [5.74, 6) is 0. The molecule has 4 heteroatoms. The summed E-state index contributed by atoms with van der Waals surface area (Å²) in [4.78, 5) is 10.7. The Kier molecular flexibility index (Phi) is 8.50. The molecule has 0 aliphatic heterocycles. The molecule has 65 heavy (non-hydrogen) atoms. The molecule has 0 unspecified atom stereocenters.